The van der Waals surface area contributed by atoms with Crippen LogP contribution >= 0.6 is 0 Å². The van der Waals surface area contributed by atoms with Crippen LogP contribution in [0.25, 0.3) is 16.6 Å². The Balaban J connectivity index is 1.57. The van der Waals surface area contributed by atoms with Crippen molar-refractivity contribution in [3.05, 3.63) is 60.5 Å². The molecule has 0 aliphatic rings. The van der Waals surface area contributed by atoms with Gasteiger partial charge >= 0.3 is 0 Å². The highest BCUT2D eigenvalue weighted by Crippen LogP contribution is 2.20. The molecule has 0 bridgehead atoms. The van der Waals surface area contributed by atoms with Crippen molar-refractivity contribution in [3.63, 3.8) is 0 Å². The first-order chi connectivity index (χ1) is 12.2. The molecule has 0 atom stereocenters. The summed E-state index contributed by atoms with van der Waals surface area (Å²) in [6.45, 7) is 0. The summed E-state index contributed by atoms with van der Waals surface area (Å²) >= 11 is 0. The van der Waals surface area contributed by atoms with Crippen molar-refractivity contribution < 1.29 is 14.1 Å². The van der Waals surface area contributed by atoms with Crippen LogP contribution in [0.2, 0.25) is 0 Å². The van der Waals surface area contributed by atoms with E-state index in [0.717, 1.165) is 5.69 Å². The minimum absolute atomic E-state index is 0.131. The van der Waals surface area contributed by atoms with Gasteiger partial charge in [0.05, 0.1) is 24.4 Å². The Morgan fingerprint density at radius 2 is 2.08 bits per heavy atom. The molecule has 2 heterocycles. The highest BCUT2D eigenvalue weighted by Gasteiger charge is 2.17. The van der Waals surface area contributed by atoms with E-state index < -0.39 is 5.91 Å². The van der Waals surface area contributed by atoms with Gasteiger partial charge in [0.1, 0.15) is 11.3 Å². The van der Waals surface area contributed by atoms with Crippen LogP contribution in [0, 0.1) is 0 Å². The molecular weight excluding hydrogens is 322 g/mol. The second-order valence-corrected chi connectivity index (χ2v) is 5.23. The average Bonchev–Trinajstić information content (AvgIpc) is 3.28. The third-order valence-electron chi connectivity index (χ3n) is 3.64. The molecular formula is C17H13N5O3. The topological polar surface area (TPSA) is 95.1 Å². The van der Waals surface area contributed by atoms with Crippen LogP contribution in [-0.4, -0.2) is 33.2 Å². The van der Waals surface area contributed by atoms with Crippen LogP contribution in [0.4, 0.5) is 5.82 Å². The number of hydrogen-bond acceptors (Lipinski definition) is 6. The molecule has 2 aromatic heterocycles. The van der Waals surface area contributed by atoms with E-state index in [0.29, 0.717) is 22.5 Å². The molecule has 0 aliphatic heterocycles. The number of methoxy groups -OCH3 is 1. The predicted octanol–water partition coefficient (Wildman–Crippen LogP) is 2.67. The molecule has 0 unspecified atom stereocenters. The van der Waals surface area contributed by atoms with Crippen molar-refractivity contribution in [1.82, 2.24) is 20.2 Å². The summed E-state index contributed by atoms with van der Waals surface area (Å²) in [5.41, 5.74) is 1.38. The quantitative estimate of drug-likeness (QED) is 0.616. The number of carbonyl (C=O) groups excluding carboxylic acids is 1. The molecule has 0 radical (unpaired) electrons. The van der Waals surface area contributed by atoms with Crippen LogP contribution in [0.1, 0.15) is 10.6 Å². The lowest BCUT2D eigenvalue weighted by atomic mass is 10.2. The van der Waals surface area contributed by atoms with E-state index >= 15 is 0 Å². The molecule has 8 heteroatoms. The number of hydrogen-bond donors (Lipinski definition) is 1. The van der Waals surface area contributed by atoms with Crippen LogP contribution < -0.4 is 10.1 Å². The summed E-state index contributed by atoms with van der Waals surface area (Å²) in [7, 11) is 1.59. The van der Waals surface area contributed by atoms with Gasteiger partial charge in [0.25, 0.3) is 5.91 Å². The Bertz CT molecular complexity index is 1050. The molecule has 0 saturated heterocycles. The first-order valence-electron chi connectivity index (χ1n) is 7.47. The smallest absolute Gasteiger partial charge is 0.296 e. The largest absolute Gasteiger partial charge is 0.497 e. The molecule has 25 heavy (non-hydrogen) atoms. The van der Waals surface area contributed by atoms with Crippen LogP contribution in [0.3, 0.4) is 0 Å². The number of carbonyl (C=O) groups is 1. The van der Waals surface area contributed by atoms with E-state index in [2.05, 4.69) is 20.8 Å². The van der Waals surface area contributed by atoms with Crippen LogP contribution in [0.5, 0.6) is 5.75 Å². The Morgan fingerprint density at radius 1 is 1.20 bits per heavy atom. The van der Waals surface area contributed by atoms with Gasteiger partial charge < -0.3 is 14.6 Å². The summed E-state index contributed by atoms with van der Waals surface area (Å²) in [6.07, 6.45) is 1.60. The van der Waals surface area contributed by atoms with E-state index in [1.165, 1.54) is 4.68 Å². The molecule has 0 spiro atoms. The van der Waals surface area contributed by atoms with Gasteiger partial charge in [-0.15, -0.1) is 5.10 Å². The first-order valence-corrected chi connectivity index (χ1v) is 7.47. The Hall–Kier alpha value is -3.68. The number of nitrogens with one attached hydrogen (secondary N) is 1. The summed E-state index contributed by atoms with van der Waals surface area (Å²) in [5.74, 6) is 0.693. The number of aromatic nitrogens is 4. The number of ether oxygens (including phenoxy) is 1. The fourth-order valence-corrected chi connectivity index (χ4v) is 2.43. The van der Waals surface area contributed by atoms with Gasteiger partial charge in [0.2, 0.25) is 5.76 Å². The maximum Gasteiger partial charge on any atom is 0.296 e. The van der Waals surface area contributed by atoms with Gasteiger partial charge in [-0.25, -0.2) is 4.68 Å². The molecule has 0 fully saturated rings. The molecule has 0 aliphatic carbocycles. The standard InChI is InChI=1S/C17H13N5O3/c1-24-12-6-4-5-11(9-12)22-10-15(19-21-22)18-17(23)16-13-7-2-3-8-14(13)20-25-16/h2-10H,1H3,(H,18,23). The molecule has 124 valence electrons. The molecule has 1 amide bonds. The van der Waals surface area contributed by atoms with Crippen molar-refractivity contribution in [2.75, 3.05) is 12.4 Å². The van der Waals surface area contributed by atoms with Crippen molar-refractivity contribution in [2.45, 2.75) is 0 Å². The van der Waals surface area contributed by atoms with E-state index in [1.807, 2.05) is 36.4 Å². The molecule has 4 rings (SSSR count). The summed E-state index contributed by atoms with van der Waals surface area (Å²) in [4.78, 5) is 12.4. The fourth-order valence-electron chi connectivity index (χ4n) is 2.43. The number of nitrogens with zero attached hydrogens (tertiary/aromatic N) is 4. The minimum atomic E-state index is -0.439. The van der Waals surface area contributed by atoms with Crippen LogP contribution in [-0.2, 0) is 0 Å². The molecule has 4 aromatic rings. The van der Waals surface area contributed by atoms with Gasteiger partial charge in [0.15, 0.2) is 5.82 Å². The lowest BCUT2D eigenvalue weighted by Gasteiger charge is -2.03. The van der Waals surface area contributed by atoms with Gasteiger partial charge in [-0.1, -0.05) is 28.6 Å². The van der Waals surface area contributed by atoms with Gasteiger partial charge in [0, 0.05) is 6.07 Å². The number of amides is 1. The Kier molecular flexibility index (Phi) is 3.62. The monoisotopic (exact) mass is 335 g/mol. The first kappa shape index (κ1) is 14.9. The van der Waals surface area contributed by atoms with E-state index in [1.54, 1.807) is 25.4 Å². The second kappa shape index (κ2) is 6.08. The average molecular weight is 335 g/mol. The van der Waals surface area contributed by atoms with Crippen LogP contribution in [0.15, 0.2) is 59.3 Å². The molecule has 1 N–H and O–H groups in total. The molecule has 2 aromatic carbocycles. The second-order valence-electron chi connectivity index (χ2n) is 5.23. The fraction of sp³-hybridized carbons (Fsp3) is 0.0588. The van der Waals surface area contributed by atoms with Gasteiger partial charge in [-0.3, -0.25) is 4.79 Å². The highest BCUT2D eigenvalue weighted by molar-refractivity contribution is 6.09. The zero-order valence-electron chi connectivity index (χ0n) is 13.2. The van der Waals surface area contributed by atoms with E-state index in [4.69, 9.17) is 9.26 Å². The highest BCUT2D eigenvalue weighted by atomic mass is 16.5. The number of fused-ring (bicyclic) bond motifs is 1. The summed E-state index contributed by atoms with van der Waals surface area (Å²) in [5, 5.41) is 15.1. The number of rotatable bonds is 4. The summed E-state index contributed by atoms with van der Waals surface area (Å²) in [6, 6.07) is 14.5. The number of anilines is 1. The maximum absolute atomic E-state index is 12.4. The third kappa shape index (κ3) is 2.80. The zero-order chi connectivity index (χ0) is 17.2. The van der Waals surface area contributed by atoms with Gasteiger partial charge in [-0.2, -0.15) is 0 Å². The zero-order valence-corrected chi connectivity index (χ0v) is 13.2. The van der Waals surface area contributed by atoms with Crippen molar-refractivity contribution >= 4 is 22.6 Å². The van der Waals surface area contributed by atoms with Crippen molar-refractivity contribution in [1.29, 1.82) is 0 Å². The van der Waals surface area contributed by atoms with E-state index in [9.17, 15) is 4.79 Å². The van der Waals surface area contributed by atoms with E-state index in [-0.39, 0.29) is 5.76 Å². The van der Waals surface area contributed by atoms with Crippen molar-refractivity contribution in [3.8, 4) is 11.4 Å². The lowest BCUT2D eigenvalue weighted by Crippen LogP contribution is -2.11. The lowest BCUT2D eigenvalue weighted by molar-refractivity contribution is 0.0990. The van der Waals surface area contributed by atoms with Gasteiger partial charge in [-0.05, 0) is 24.3 Å². The number of benzene rings is 2. The SMILES string of the molecule is COc1cccc(-n2cc(NC(=O)c3onc4ccccc34)nn2)c1. The normalized spacial score (nSPS) is 10.8. The Labute approximate surface area is 142 Å². The maximum atomic E-state index is 12.4. The minimum Gasteiger partial charge on any atom is -0.497 e. The Morgan fingerprint density at radius 3 is 2.96 bits per heavy atom. The van der Waals surface area contributed by atoms with Crippen molar-refractivity contribution in [2.24, 2.45) is 0 Å². The third-order valence-corrected chi connectivity index (χ3v) is 3.64. The predicted molar refractivity (Wildman–Crippen MR) is 89.9 cm³/mol. The molecule has 0 saturated carbocycles. The summed E-state index contributed by atoms with van der Waals surface area (Å²) < 4.78 is 11.9. The molecule has 8 nitrogen and oxygen atoms in total.